The lowest BCUT2D eigenvalue weighted by molar-refractivity contribution is -0.116. The van der Waals surface area contributed by atoms with E-state index >= 15 is 0 Å². The van der Waals surface area contributed by atoms with Gasteiger partial charge in [-0.15, -0.1) is 11.6 Å². The number of benzene rings is 1. The number of carbonyl (C=O) groups excluding carboxylic acids is 1. The molecule has 0 atom stereocenters. The van der Waals surface area contributed by atoms with Gasteiger partial charge in [0.05, 0.1) is 11.4 Å². The maximum Gasteiger partial charge on any atom is 0.335 e. The Kier molecular flexibility index (Phi) is 3.86. The summed E-state index contributed by atoms with van der Waals surface area (Å²) in [6.45, 7) is 1.69. The van der Waals surface area contributed by atoms with E-state index < -0.39 is 5.97 Å². The van der Waals surface area contributed by atoms with Gasteiger partial charge in [0.2, 0.25) is 0 Å². The fraction of sp³-hybridized carbons (Fsp3) is 0.273. The topological polar surface area (TPSA) is 54.4 Å². The highest BCUT2D eigenvalue weighted by Crippen LogP contribution is 2.14. The Morgan fingerprint density at radius 1 is 1.40 bits per heavy atom. The van der Waals surface area contributed by atoms with Crippen molar-refractivity contribution >= 4 is 23.4 Å². The number of Topliss-reactive ketones (excluding diaryl/α,β-unsaturated/α-hetero) is 1. The maximum absolute atomic E-state index is 11.1. The Bertz CT molecular complexity index is 399. The molecule has 0 aliphatic heterocycles. The zero-order valence-electron chi connectivity index (χ0n) is 8.29. The lowest BCUT2D eigenvalue weighted by atomic mass is 9.99. The number of ketones is 1. The molecule has 15 heavy (non-hydrogen) atoms. The minimum Gasteiger partial charge on any atom is -0.478 e. The molecule has 1 N–H and O–H groups in total. The molecule has 0 amide bonds. The zero-order valence-corrected chi connectivity index (χ0v) is 9.04. The number of aromatic carboxylic acids is 1. The van der Waals surface area contributed by atoms with Gasteiger partial charge in [-0.05, 0) is 24.1 Å². The largest absolute Gasteiger partial charge is 0.478 e. The standard InChI is InChI=1S/C11H11ClO3/c1-7-8(5-9(13)6-12)3-2-4-10(7)11(14)15/h2-4H,5-6H2,1H3,(H,14,15). The molecule has 0 bridgehead atoms. The number of carbonyl (C=O) groups is 2. The summed E-state index contributed by atoms with van der Waals surface area (Å²) in [4.78, 5) is 22.0. The van der Waals surface area contributed by atoms with E-state index in [0.717, 1.165) is 5.56 Å². The molecular weight excluding hydrogens is 216 g/mol. The molecular formula is C11H11ClO3. The second kappa shape index (κ2) is 4.94. The zero-order chi connectivity index (χ0) is 11.4. The molecule has 1 rings (SSSR count). The summed E-state index contributed by atoms with van der Waals surface area (Å²) in [5.41, 5.74) is 1.58. The summed E-state index contributed by atoms with van der Waals surface area (Å²) in [6, 6.07) is 4.89. The first kappa shape index (κ1) is 11.7. The highest BCUT2D eigenvalue weighted by Gasteiger charge is 2.11. The number of hydrogen-bond donors (Lipinski definition) is 1. The molecule has 0 aromatic heterocycles. The third kappa shape index (κ3) is 2.80. The highest BCUT2D eigenvalue weighted by atomic mass is 35.5. The third-order valence-corrected chi connectivity index (χ3v) is 2.51. The van der Waals surface area contributed by atoms with Gasteiger partial charge in [-0.1, -0.05) is 12.1 Å². The molecule has 80 valence electrons. The van der Waals surface area contributed by atoms with Crippen molar-refractivity contribution in [2.24, 2.45) is 0 Å². The first-order chi connectivity index (χ1) is 7.06. The Morgan fingerprint density at radius 3 is 2.60 bits per heavy atom. The van der Waals surface area contributed by atoms with Crippen molar-refractivity contribution in [1.82, 2.24) is 0 Å². The van der Waals surface area contributed by atoms with Crippen LogP contribution in [0.1, 0.15) is 21.5 Å². The summed E-state index contributed by atoms with van der Waals surface area (Å²) in [5, 5.41) is 8.87. The number of halogens is 1. The molecule has 0 radical (unpaired) electrons. The van der Waals surface area contributed by atoms with E-state index in [1.807, 2.05) is 0 Å². The van der Waals surface area contributed by atoms with Crippen molar-refractivity contribution in [3.63, 3.8) is 0 Å². The predicted octanol–water partition coefficient (Wildman–Crippen LogP) is 2.04. The Morgan fingerprint density at radius 2 is 2.07 bits per heavy atom. The Labute approximate surface area is 92.7 Å². The summed E-state index contributed by atoms with van der Waals surface area (Å²) >= 11 is 5.39. The van der Waals surface area contributed by atoms with E-state index in [4.69, 9.17) is 16.7 Å². The lowest BCUT2D eigenvalue weighted by Crippen LogP contribution is -2.08. The number of rotatable bonds is 4. The molecule has 0 saturated carbocycles. The Balaban J connectivity index is 3.04. The van der Waals surface area contributed by atoms with Gasteiger partial charge in [0.15, 0.2) is 5.78 Å². The number of carboxylic acids is 1. The van der Waals surface area contributed by atoms with Crippen molar-refractivity contribution in [2.75, 3.05) is 5.88 Å². The molecule has 0 unspecified atom stereocenters. The van der Waals surface area contributed by atoms with Crippen LogP contribution in [0.15, 0.2) is 18.2 Å². The molecule has 0 saturated heterocycles. The molecule has 1 aromatic rings. The number of hydrogen-bond acceptors (Lipinski definition) is 2. The van der Waals surface area contributed by atoms with Crippen LogP contribution >= 0.6 is 11.6 Å². The SMILES string of the molecule is Cc1c(CC(=O)CCl)cccc1C(=O)O. The van der Waals surface area contributed by atoms with Crippen LogP contribution in [0.5, 0.6) is 0 Å². The molecule has 0 fully saturated rings. The molecule has 0 spiro atoms. The molecule has 0 heterocycles. The second-order valence-electron chi connectivity index (χ2n) is 3.24. The fourth-order valence-corrected chi connectivity index (χ4v) is 1.46. The molecule has 0 aliphatic carbocycles. The first-order valence-electron chi connectivity index (χ1n) is 4.45. The van der Waals surface area contributed by atoms with E-state index in [2.05, 4.69) is 0 Å². The average Bonchev–Trinajstić information content (AvgIpc) is 2.20. The van der Waals surface area contributed by atoms with Crippen molar-refractivity contribution < 1.29 is 14.7 Å². The molecule has 0 aliphatic rings. The second-order valence-corrected chi connectivity index (χ2v) is 3.51. The van der Waals surface area contributed by atoms with E-state index in [0.29, 0.717) is 5.56 Å². The van der Waals surface area contributed by atoms with E-state index in [9.17, 15) is 9.59 Å². The van der Waals surface area contributed by atoms with Crippen LogP contribution in [0, 0.1) is 6.92 Å². The minimum atomic E-state index is -0.979. The minimum absolute atomic E-state index is 0.0449. The van der Waals surface area contributed by atoms with Gasteiger partial charge in [0, 0.05) is 6.42 Å². The summed E-state index contributed by atoms with van der Waals surface area (Å²) < 4.78 is 0. The van der Waals surface area contributed by atoms with Crippen LogP contribution in [-0.4, -0.2) is 22.7 Å². The third-order valence-electron chi connectivity index (χ3n) is 2.21. The maximum atomic E-state index is 11.1. The summed E-state index contributed by atoms with van der Waals surface area (Å²) in [5.74, 6) is -1.13. The van der Waals surface area contributed by atoms with Crippen molar-refractivity contribution in [1.29, 1.82) is 0 Å². The van der Waals surface area contributed by atoms with Gasteiger partial charge >= 0.3 is 5.97 Å². The van der Waals surface area contributed by atoms with Crippen LogP contribution in [0.4, 0.5) is 0 Å². The van der Waals surface area contributed by atoms with Crippen LogP contribution in [-0.2, 0) is 11.2 Å². The highest BCUT2D eigenvalue weighted by molar-refractivity contribution is 6.27. The average molecular weight is 227 g/mol. The quantitative estimate of drug-likeness (QED) is 0.800. The van der Waals surface area contributed by atoms with Crippen LogP contribution in [0.2, 0.25) is 0 Å². The van der Waals surface area contributed by atoms with E-state index in [1.54, 1.807) is 19.1 Å². The van der Waals surface area contributed by atoms with Crippen molar-refractivity contribution in [3.05, 3.63) is 34.9 Å². The summed E-state index contributed by atoms with van der Waals surface area (Å²) in [7, 11) is 0. The van der Waals surface area contributed by atoms with Gasteiger partial charge in [0.25, 0.3) is 0 Å². The molecule has 3 nitrogen and oxygen atoms in total. The molecule has 1 aromatic carbocycles. The van der Waals surface area contributed by atoms with E-state index in [-0.39, 0.29) is 23.6 Å². The lowest BCUT2D eigenvalue weighted by Gasteiger charge is -2.06. The Hall–Kier alpha value is -1.35. The first-order valence-corrected chi connectivity index (χ1v) is 4.99. The van der Waals surface area contributed by atoms with E-state index in [1.165, 1.54) is 6.07 Å². The van der Waals surface area contributed by atoms with Gasteiger partial charge < -0.3 is 5.11 Å². The number of alkyl halides is 1. The van der Waals surface area contributed by atoms with Gasteiger partial charge in [-0.25, -0.2) is 4.79 Å². The van der Waals surface area contributed by atoms with Crippen LogP contribution in [0.25, 0.3) is 0 Å². The summed E-state index contributed by atoms with van der Waals surface area (Å²) in [6.07, 6.45) is 0.191. The number of carboxylic acid groups (broad SMARTS) is 1. The predicted molar refractivity (Wildman–Crippen MR) is 57.6 cm³/mol. The fourth-order valence-electron chi connectivity index (χ4n) is 1.37. The van der Waals surface area contributed by atoms with Gasteiger partial charge in [-0.2, -0.15) is 0 Å². The van der Waals surface area contributed by atoms with Crippen LogP contribution in [0.3, 0.4) is 0 Å². The van der Waals surface area contributed by atoms with Crippen molar-refractivity contribution in [2.45, 2.75) is 13.3 Å². The van der Waals surface area contributed by atoms with Gasteiger partial charge in [-0.3, -0.25) is 4.79 Å². The van der Waals surface area contributed by atoms with Crippen LogP contribution < -0.4 is 0 Å². The van der Waals surface area contributed by atoms with Crippen molar-refractivity contribution in [3.8, 4) is 0 Å². The smallest absolute Gasteiger partial charge is 0.335 e. The monoisotopic (exact) mass is 226 g/mol. The molecule has 4 heteroatoms. The van der Waals surface area contributed by atoms with Gasteiger partial charge in [0.1, 0.15) is 0 Å². The normalized spacial score (nSPS) is 10.0.